The van der Waals surface area contributed by atoms with Gasteiger partial charge in [0, 0.05) is 19.7 Å². The standard InChI is InChI=1S/C17H35NO2Si/c1-9-17(10-2)13-14(18(6)15(17)19)11-12-20-21(7,8)16(3,4)5/h14H,9-13H2,1-8H3/t14-/m0/s1. The Morgan fingerprint density at radius 1 is 1.29 bits per heavy atom. The van der Waals surface area contributed by atoms with Crippen LogP contribution in [0, 0.1) is 5.41 Å². The summed E-state index contributed by atoms with van der Waals surface area (Å²) >= 11 is 0. The highest BCUT2D eigenvalue weighted by atomic mass is 28.4. The first-order chi connectivity index (χ1) is 9.50. The van der Waals surface area contributed by atoms with E-state index < -0.39 is 8.32 Å². The summed E-state index contributed by atoms with van der Waals surface area (Å²) < 4.78 is 6.28. The lowest BCUT2D eigenvalue weighted by molar-refractivity contribution is -0.136. The molecule has 0 spiro atoms. The fourth-order valence-corrected chi connectivity index (χ4v) is 4.08. The number of nitrogens with zero attached hydrogens (tertiary/aromatic N) is 1. The van der Waals surface area contributed by atoms with E-state index in [0.29, 0.717) is 11.9 Å². The second-order valence-electron chi connectivity index (χ2n) is 8.16. The van der Waals surface area contributed by atoms with E-state index in [1.165, 1.54) is 0 Å². The fourth-order valence-electron chi connectivity index (χ4n) is 3.02. The smallest absolute Gasteiger partial charge is 0.228 e. The Kier molecular flexibility index (Phi) is 5.71. The number of rotatable bonds is 6. The van der Waals surface area contributed by atoms with E-state index in [0.717, 1.165) is 32.3 Å². The minimum absolute atomic E-state index is 0.115. The van der Waals surface area contributed by atoms with Crippen LogP contribution in [-0.4, -0.2) is 38.8 Å². The first kappa shape index (κ1) is 18.7. The van der Waals surface area contributed by atoms with E-state index >= 15 is 0 Å². The van der Waals surface area contributed by atoms with Gasteiger partial charge in [-0.1, -0.05) is 34.6 Å². The third kappa shape index (κ3) is 3.70. The van der Waals surface area contributed by atoms with Crippen LogP contribution >= 0.6 is 0 Å². The van der Waals surface area contributed by atoms with Gasteiger partial charge in [0.05, 0.1) is 5.41 Å². The molecule has 124 valence electrons. The van der Waals surface area contributed by atoms with E-state index in [-0.39, 0.29) is 10.5 Å². The molecular weight excluding hydrogens is 278 g/mol. The van der Waals surface area contributed by atoms with Crippen LogP contribution in [0.1, 0.15) is 60.3 Å². The predicted molar refractivity (Wildman–Crippen MR) is 92.0 cm³/mol. The van der Waals surface area contributed by atoms with E-state index in [9.17, 15) is 4.79 Å². The van der Waals surface area contributed by atoms with Gasteiger partial charge in [-0.2, -0.15) is 0 Å². The highest BCUT2D eigenvalue weighted by Crippen LogP contribution is 2.42. The molecule has 4 heteroatoms. The van der Waals surface area contributed by atoms with Gasteiger partial charge in [0.1, 0.15) is 0 Å². The average molecular weight is 314 g/mol. The minimum atomic E-state index is -1.67. The molecule has 1 atom stereocenters. The third-order valence-electron chi connectivity index (χ3n) is 6.02. The summed E-state index contributed by atoms with van der Waals surface area (Å²) in [4.78, 5) is 14.5. The summed E-state index contributed by atoms with van der Waals surface area (Å²) in [6, 6.07) is 0.349. The molecule has 0 bridgehead atoms. The van der Waals surface area contributed by atoms with Crippen molar-refractivity contribution < 1.29 is 9.22 Å². The Labute approximate surface area is 132 Å². The monoisotopic (exact) mass is 313 g/mol. The largest absolute Gasteiger partial charge is 0.417 e. The van der Waals surface area contributed by atoms with E-state index in [1.807, 2.05) is 11.9 Å². The van der Waals surface area contributed by atoms with Gasteiger partial charge in [0.25, 0.3) is 0 Å². The summed E-state index contributed by atoms with van der Waals surface area (Å²) in [5.41, 5.74) is -0.115. The number of hydrogen-bond donors (Lipinski definition) is 0. The Morgan fingerprint density at radius 3 is 2.19 bits per heavy atom. The van der Waals surface area contributed by atoms with Crippen molar-refractivity contribution in [3.05, 3.63) is 0 Å². The molecule has 0 radical (unpaired) electrons. The van der Waals surface area contributed by atoms with Gasteiger partial charge in [-0.25, -0.2) is 0 Å². The highest BCUT2D eigenvalue weighted by molar-refractivity contribution is 6.74. The predicted octanol–water partition coefficient (Wildman–Crippen LogP) is 4.44. The molecule has 21 heavy (non-hydrogen) atoms. The van der Waals surface area contributed by atoms with Crippen LogP contribution in [0.4, 0.5) is 0 Å². The molecule has 1 amide bonds. The summed E-state index contributed by atoms with van der Waals surface area (Å²) in [5.74, 6) is 0.338. The third-order valence-corrected chi connectivity index (χ3v) is 10.6. The van der Waals surface area contributed by atoms with Crippen LogP contribution in [0.15, 0.2) is 0 Å². The van der Waals surface area contributed by atoms with Crippen molar-refractivity contribution in [3.63, 3.8) is 0 Å². The quantitative estimate of drug-likeness (QED) is 0.679. The summed E-state index contributed by atoms with van der Waals surface area (Å²) in [6.07, 6.45) is 3.87. The first-order valence-electron chi connectivity index (χ1n) is 8.42. The molecule has 0 N–H and O–H groups in total. The van der Waals surface area contributed by atoms with E-state index in [1.54, 1.807) is 0 Å². The first-order valence-corrected chi connectivity index (χ1v) is 11.3. The molecule has 1 aliphatic rings. The molecule has 1 rings (SSSR count). The van der Waals surface area contributed by atoms with Crippen molar-refractivity contribution in [2.75, 3.05) is 13.7 Å². The summed E-state index contributed by atoms with van der Waals surface area (Å²) in [6.45, 7) is 16.4. The number of likely N-dealkylation sites (tertiary alicyclic amines) is 1. The zero-order valence-electron chi connectivity index (χ0n) is 15.4. The van der Waals surface area contributed by atoms with E-state index in [2.05, 4.69) is 47.7 Å². The molecule has 0 aromatic heterocycles. The van der Waals surface area contributed by atoms with Gasteiger partial charge in [0.2, 0.25) is 5.91 Å². The number of hydrogen-bond acceptors (Lipinski definition) is 2. The molecule has 1 saturated heterocycles. The maximum absolute atomic E-state index is 12.5. The van der Waals surface area contributed by atoms with Gasteiger partial charge in [-0.15, -0.1) is 0 Å². The summed E-state index contributed by atoms with van der Waals surface area (Å²) in [5, 5.41) is 0.251. The number of carbonyl (C=O) groups excluding carboxylic acids is 1. The van der Waals surface area contributed by atoms with Crippen LogP contribution < -0.4 is 0 Å². The van der Waals surface area contributed by atoms with Crippen LogP contribution in [0.5, 0.6) is 0 Å². The van der Waals surface area contributed by atoms with Crippen molar-refractivity contribution >= 4 is 14.2 Å². The summed E-state index contributed by atoms with van der Waals surface area (Å²) in [7, 11) is 0.293. The van der Waals surface area contributed by atoms with Gasteiger partial charge < -0.3 is 9.33 Å². The molecule has 0 aliphatic carbocycles. The van der Waals surface area contributed by atoms with Gasteiger partial charge in [-0.05, 0) is 43.8 Å². The molecule has 1 heterocycles. The minimum Gasteiger partial charge on any atom is -0.417 e. The van der Waals surface area contributed by atoms with Gasteiger partial charge >= 0.3 is 0 Å². The lowest BCUT2D eigenvalue weighted by atomic mass is 9.79. The van der Waals surface area contributed by atoms with Gasteiger partial charge in [0.15, 0.2) is 8.32 Å². The Hall–Kier alpha value is -0.353. The topological polar surface area (TPSA) is 29.5 Å². The molecule has 3 nitrogen and oxygen atoms in total. The van der Waals surface area contributed by atoms with Crippen molar-refractivity contribution in [1.29, 1.82) is 0 Å². The molecular formula is C17H35NO2Si. The maximum Gasteiger partial charge on any atom is 0.228 e. The molecule has 0 aromatic rings. The van der Waals surface area contributed by atoms with Crippen LogP contribution in [-0.2, 0) is 9.22 Å². The second-order valence-corrected chi connectivity index (χ2v) is 13.0. The molecule has 1 aliphatic heterocycles. The number of amides is 1. The Balaban J connectivity index is 2.60. The molecule has 0 saturated carbocycles. The van der Waals surface area contributed by atoms with Crippen LogP contribution in [0.3, 0.4) is 0 Å². The normalized spacial score (nSPS) is 23.0. The van der Waals surface area contributed by atoms with Crippen molar-refractivity contribution in [2.45, 2.75) is 84.5 Å². The zero-order chi connectivity index (χ0) is 16.5. The van der Waals surface area contributed by atoms with Crippen LogP contribution in [0.2, 0.25) is 18.1 Å². The molecule has 0 unspecified atom stereocenters. The molecule has 1 fully saturated rings. The Bertz CT molecular complexity index is 369. The van der Waals surface area contributed by atoms with Gasteiger partial charge in [-0.3, -0.25) is 4.79 Å². The van der Waals surface area contributed by atoms with Crippen molar-refractivity contribution in [3.8, 4) is 0 Å². The van der Waals surface area contributed by atoms with Crippen LogP contribution in [0.25, 0.3) is 0 Å². The van der Waals surface area contributed by atoms with Crippen molar-refractivity contribution in [2.24, 2.45) is 5.41 Å². The second kappa shape index (κ2) is 6.41. The SMILES string of the molecule is CCC1(CC)C[C@H](CCO[Si](C)(C)C(C)(C)C)N(C)C1=O. The van der Waals surface area contributed by atoms with Crippen molar-refractivity contribution in [1.82, 2.24) is 4.90 Å². The average Bonchev–Trinajstić information content (AvgIpc) is 2.62. The molecule has 0 aromatic carbocycles. The lowest BCUT2D eigenvalue weighted by Crippen LogP contribution is -2.41. The Morgan fingerprint density at radius 2 is 1.81 bits per heavy atom. The fraction of sp³-hybridized carbons (Fsp3) is 0.941. The highest BCUT2D eigenvalue weighted by Gasteiger charge is 2.47. The van der Waals surface area contributed by atoms with E-state index in [4.69, 9.17) is 4.43 Å². The lowest BCUT2D eigenvalue weighted by Gasteiger charge is -2.36. The zero-order valence-corrected chi connectivity index (χ0v) is 16.4. The maximum atomic E-state index is 12.5. The number of carbonyl (C=O) groups is 1.